The van der Waals surface area contributed by atoms with Gasteiger partial charge in [0.05, 0.1) is 0 Å². The molecule has 3 rings (SSSR count). The molecule has 0 radical (unpaired) electrons. The van der Waals surface area contributed by atoms with Gasteiger partial charge in [-0.1, -0.05) is 35.9 Å². The van der Waals surface area contributed by atoms with E-state index < -0.39 is 0 Å². The van der Waals surface area contributed by atoms with Crippen LogP contribution in [0.15, 0.2) is 54.6 Å². The quantitative estimate of drug-likeness (QED) is 0.607. The Morgan fingerprint density at radius 3 is 2.37 bits per heavy atom. The average molecular weight is 252 g/mol. The average Bonchev–Trinajstić information content (AvgIpc) is 2.83. The second-order valence-corrected chi connectivity index (χ2v) is 4.87. The lowest BCUT2D eigenvalue weighted by Crippen LogP contribution is -2.23. The van der Waals surface area contributed by atoms with Crippen LogP contribution in [0.25, 0.3) is 0 Å². The van der Waals surface area contributed by atoms with E-state index in [1.807, 2.05) is 30.3 Å². The van der Waals surface area contributed by atoms with Crippen molar-refractivity contribution in [1.29, 1.82) is 0 Å². The van der Waals surface area contributed by atoms with E-state index in [1.165, 1.54) is 5.56 Å². The van der Waals surface area contributed by atoms with Crippen LogP contribution in [0.4, 0.5) is 5.69 Å². The molecule has 0 saturated heterocycles. The van der Waals surface area contributed by atoms with E-state index >= 15 is 0 Å². The van der Waals surface area contributed by atoms with Gasteiger partial charge in [-0.15, -0.1) is 0 Å². The molecule has 3 nitrogen and oxygen atoms in total. The molecule has 1 heterocycles. The topological polar surface area (TPSA) is 29.3 Å². The van der Waals surface area contributed by atoms with Crippen molar-refractivity contribution in [3.63, 3.8) is 0 Å². The molecule has 0 aromatic heterocycles. The number of hydrogen-bond donors (Lipinski definition) is 0. The Morgan fingerprint density at radius 2 is 1.68 bits per heavy atom. The summed E-state index contributed by atoms with van der Waals surface area (Å²) in [5.74, 6) is 0. The third kappa shape index (κ3) is 2.32. The second kappa shape index (κ2) is 4.76. The SMILES string of the molecule is Cc1ccc(N2CC(c3ccccc3)=[N+]([O-])C2)cc1. The van der Waals surface area contributed by atoms with Crippen molar-refractivity contribution >= 4 is 11.4 Å². The summed E-state index contributed by atoms with van der Waals surface area (Å²) in [5, 5.41) is 12.1. The molecule has 0 N–H and O–H groups in total. The molecule has 0 aliphatic carbocycles. The number of anilines is 1. The van der Waals surface area contributed by atoms with Crippen LogP contribution >= 0.6 is 0 Å². The van der Waals surface area contributed by atoms with Crippen molar-refractivity contribution in [2.45, 2.75) is 6.92 Å². The van der Waals surface area contributed by atoms with E-state index in [-0.39, 0.29) is 0 Å². The number of benzene rings is 2. The van der Waals surface area contributed by atoms with Gasteiger partial charge in [0.1, 0.15) is 6.54 Å². The lowest BCUT2D eigenvalue weighted by molar-refractivity contribution is -0.447. The molecule has 1 aliphatic heterocycles. The number of rotatable bonds is 2. The number of aryl methyl sites for hydroxylation is 1. The first-order valence-corrected chi connectivity index (χ1v) is 6.41. The lowest BCUT2D eigenvalue weighted by Gasteiger charge is -2.14. The van der Waals surface area contributed by atoms with Crippen LogP contribution in [-0.2, 0) is 0 Å². The summed E-state index contributed by atoms with van der Waals surface area (Å²) in [5.41, 5.74) is 4.17. The summed E-state index contributed by atoms with van der Waals surface area (Å²) < 4.78 is 1.08. The van der Waals surface area contributed by atoms with Gasteiger partial charge in [-0.2, -0.15) is 4.74 Å². The van der Waals surface area contributed by atoms with E-state index in [2.05, 4.69) is 36.1 Å². The highest BCUT2D eigenvalue weighted by Crippen LogP contribution is 2.19. The van der Waals surface area contributed by atoms with E-state index in [9.17, 15) is 5.21 Å². The number of hydrogen-bond acceptors (Lipinski definition) is 2. The molecule has 19 heavy (non-hydrogen) atoms. The Balaban J connectivity index is 1.84. The zero-order valence-electron chi connectivity index (χ0n) is 10.9. The monoisotopic (exact) mass is 252 g/mol. The van der Waals surface area contributed by atoms with Gasteiger partial charge in [0.25, 0.3) is 0 Å². The van der Waals surface area contributed by atoms with Gasteiger partial charge in [-0.05, 0) is 31.2 Å². The second-order valence-electron chi connectivity index (χ2n) is 4.87. The van der Waals surface area contributed by atoms with Gasteiger partial charge >= 0.3 is 0 Å². The smallest absolute Gasteiger partial charge is 0.229 e. The molecule has 1 aliphatic rings. The lowest BCUT2D eigenvalue weighted by atomic mass is 10.1. The Labute approximate surface area is 113 Å². The van der Waals surface area contributed by atoms with Crippen LogP contribution in [-0.4, -0.2) is 23.7 Å². The molecule has 2 aromatic carbocycles. The van der Waals surface area contributed by atoms with Crippen molar-refractivity contribution in [3.8, 4) is 0 Å². The van der Waals surface area contributed by atoms with Crippen LogP contribution in [0.3, 0.4) is 0 Å². The van der Waals surface area contributed by atoms with Crippen LogP contribution < -0.4 is 4.90 Å². The minimum atomic E-state index is 0.396. The van der Waals surface area contributed by atoms with Crippen LogP contribution in [0.5, 0.6) is 0 Å². The van der Waals surface area contributed by atoms with Crippen LogP contribution in [0.1, 0.15) is 11.1 Å². The molecule has 0 spiro atoms. The fourth-order valence-corrected chi connectivity index (χ4v) is 2.34. The third-order valence-electron chi connectivity index (χ3n) is 3.45. The van der Waals surface area contributed by atoms with Gasteiger partial charge in [0.15, 0.2) is 0 Å². The highest BCUT2D eigenvalue weighted by Gasteiger charge is 2.26. The first-order valence-electron chi connectivity index (χ1n) is 6.41. The summed E-state index contributed by atoms with van der Waals surface area (Å²) in [7, 11) is 0. The minimum absolute atomic E-state index is 0.396. The normalized spacial score (nSPS) is 15.1. The zero-order valence-corrected chi connectivity index (χ0v) is 10.9. The Morgan fingerprint density at radius 1 is 1.00 bits per heavy atom. The van der Waals surface area contributed by atoms with Crippen LogP contribution in [0, 0.1) is 12.1 Å². The summed E-state index contributed by atoms with van der Waals surface area (Å²) in [4.78, 5) is 2.09. The van der Waals surface area contributed by atoms with Crippen molar-refractivity contribution < 1.29 is 4.74 Å². The van der Waals surface area contributed by atoms with Gasteiger partial charge in [-0.3, -0.25) is 0 Å². The van der Waals surface area contributed by atoms with Crippen molar-refractivity contribution in [3.05, 3.63) is 70.9 Å². The predicted molar refractivity (Wildman–Crippen MR) is 77.6 cm³/mol. The fraction of sp³-hybridized carbons (Fsp3) is 0.188. The molecular formula is C16H16N2O. The molecular weight excluding hydrogens is 236 g/mol. The van der Waals surface area contributed by atoms with Gasteiger partial charge in [-0.25, -0.2) is 0 Å². The van der Waals surface area contributed by atoms with E-state index in [0.717, 1.165) is 21.7 Å². The summed E-state index contributed by atoms with van der Waals surface area (Å²) in [6, 6.07) is 18.1. The summed E-state index contributed by atoms with van der Waals surface area (Å²) >= 11 is 0. The summed E-state index contributed by atoms with van der Waals surface area (Å²) in [6.45, 7) is 3.12. The highest BCUT2D eigenvalue weighted by molar-refractivity contribution is 6.01. The Kier molecular flexibility index (Phi) is 2.95. The Bertz CT molecular complexity index is 602. The van der Waals surface area contributed by atoms with Gasteiger partial charge < -0.3 is 10.1 Å². The number of nitrogens with zero attached hydrogens (tertiary/aromatic N) is 2. The highest BCUT2D eigenvalue weighted by atomic mass is 16.5. The fourth-order valence-electron chi connectivity index (χ4n) is 2.34. The van der Waals surface area contributed by atoms with Crippen molar-refractivity contribution in [1.82, 2.24) is 0 Å². The largest absolute Gasteiger partial charge is 0.622 e. The van der Waals surface area contributed by atoms with Crippen LogP contribution in [0.2, 0.25) is 0 Å². The maximum atomic E-state index is 12.1. The van der Waals surface area contributed by atoms with E-state index in [1.54, 1.807) is 0 Å². The first kappa shape index (κ1) is 11.8. The zero-order chi connectivity index (χ0) is 13.2. The third-order valence-corrected chi connectivity index (χ3v) is 3.45. The van der Waals surface area contributed by atoms with E-state index in [0.29, 0.717) is 13.2 Å². The van der Waals surface area contributed by atoms with Crippen molar-refractivity contribution in [2.75, 3.05) is 18.1 Å². The molecule has 0 amide bonds. The maximum absolute atomic E-state index is 12.1. The maximum Gasteiger partial charge on any atom is 0.229 e. The first-order chi connectivity index (χ1) is 9.24. The Hall–Kier alpha value is -2.29. The van der Waals surface area contributed by atoms with Gasteiger partial charge in [0.2, 0.25) is 12.4 Å². The molecule has 96 valence electrons. The molecule has 0 bridgehead atoms. The molecule has 0 unspecified atom stereocenters. The molecule has 0 fully saturated rings. The molecule has 3 heteroatoms. The standard InChI is InChI=1S/C16H16N2O/c1-13-7-9-15(10-8-13)17-11-16(18(19)12-17)14-5-3-2-4-6-14/h2-10H,11-12H2,1H3. The molecule has 2 aromatic rings. The molecule has 0 atom stereocenters. The predicted octanol–water partition coefficient (Wildman–Crippen LogP) is 2.77. The minimum Gasteiger partial charge on any atom is -0.622 e. The summed E-state index contributed by atoms with van der Waals surface area (Å²) in [6.07, 6.45) is 0. The van der Waals surface area contributed by atoms with Crippen molar-refractivity contribution in [2.24, 2.45) is 0 Å². The molecule has 0 saturated carbocycles. The van der Waals surface area contributed by atoms with E-state index in [4.69, 9.17) is 0 Å². The van der Waals surface area contributed by atoms with Gasteiger partial charge in [0, 0.05) is 11.3 Å². The number of hydroxylamine groups is 1.